The van der Waals surface area contributed by atoms with Crippen LogP contribution in [0.5, 0.6) is 0 Å². The number of nitrogens with one attached hydrogen (secondary N) is 1. The van der Waals surface area contributed by atoms with Crippen molar-refractivity contribution in [3.8, 4) is 0 Å². The molecule has 0 bridgehead atoms. The molecule has 0 aromatic carbocycles. The quantitative estimate of drug-likeness (QED) is 0.770. The second-order valence-corrected chi connectivity index (χ2v) is 4.57. The lowest BCUT2D eigenvalue weighted by Gasteiger charge is -2.25. The highest BCUT2D eigenvalue weighted by Gasteiger charge is 2.27. The third kappa shape index (κ3) is 3.32. The summed E-state index contributed by atoms with van der Waals surface area (Å²) in [7, 11) is 0. The van der Waals surface area contributed by atoms with Gasteiger partial charge in [-0.15, -0.1) is 0 Å². The lowest BCUT2D eigenvalue weighted by molar-refractivity contribution is -0.119. The number of amides is 1. The third-order valence-corrected chi connectivity index (χ3v) is 2.16. The van der Waals surface area contributed by atoms with Gasteiger partial charge in [0.1, 0.15) is 0 Å². The van der Waals surface area contributed by atoms with Crippen LogP contribution < -0.4 is 11.1 Å². The van der Waals surface area contributed by atoms with Crippen LogP contribution in [-0.2, 0) is 4.79 Å². The summed E-state index contributed by atoms with van der Waals surface area (Å²) in [6, 6.07) is 2.94. The number of aromatic nitrogens is 1. The largest absolute Gasteiger partial charge is 0.325 e. The molecule has 3 N–H and O–H groups in total. The first-order valence-corrected chi connectivity index (χ1v) is 4.88. The van der Waals surface area contributed by atoms with Crippen LogP contribution in [0.4, 0.5) is 5.69 Å². The number of carbonyl (C=O) groups is 1. The van der Waals surface area contributed by atoms with Crippen LogP contribution in [0.2, 0.25) is 0 Å². The zero-order valence-electron chi connectivity index (χ0n) is 9.32. The van der Waals surface area contributed by atoms with E-state index < -0.39 is 6.04 Å². The molecule has 0 aliphatic heterocycles. The van der Waals surface area contributed by atoms with Gasteiger partial charge in [0.15, 0.2) is 0 Å². The van der Waals surface area contributed by atoms with Crippen molar-refractivity contribution in [3.63, 3.8) is 0 Å². The molecule has 82 valence electrons. The molecule has 4 nitrogen and oxygen atoms in total. The van der Waals surface area contributed by atoms with E-state index in [1.807, 2.05) is 20.8 Å². The highest BCUT2D eigenvalue weighted by atomic mass is 16.2. The Morgan fingerprint density at radius 2 is 1.93 bits per heavy atom. The second kappa shape index (κ2) is 4.40. The summed E-state index contributed by atoms with van der Waals surface area (Å²) in [5.74, 6) is -0.172. The van der Waals surface area contributed by atoms with Gasteiger partial charge in [0.05, 0.1) is 6.04 Å². The number of hydrogen-bond acceptors (Lipinski definition) is 3. The van der Waals surface area contributed by atoms with E-state index in [-0.39, 0.29) is 11.3 Å². The molecule has 0 saturated heterocycles. The summed E-state index contributed by atoms with van der Waals surface area (Å²) >= 11 is 0. The first kappa shape index (κ1) is 11.7. The highest BCUT2D eigenvalue weighted by molar-refractivity contribution is 5.95. The Kier molecular flexibility index (Phi) is 3.42. The highest BCUT2D eigenvalue weighted by Crippen LogP contribution is 2.18. The number of nitrogens with zero attached hydrogens (tertiary/aromatic N) is 1. The first-order valence-electron chi connectivity index (χ1n) is 4.88. The maximum Gasteiger partial charge on any atom is 0.241 e. The number of rotatable bonds is 2. The van der Waals surface area contributed by atoms with E-state index in [0.29, 0.717) is 0 Å². The Bertz CT molecular complexity index is 329. The minimum absolute atomic E-state index is 0.172. The molecule has 1 aromatic rings. The normalized spacial score (nSPS) is 13.3. The lowest BCUT2D eigenvalue weighted by Crippen LogP contribution is -2.45. The van der Waals surface area contributed by atoms with Crippen molar-refractivity contribution in [2.24, 2.45) is 11.1 Å². The summed E-state index contributed by atoms with van der Waals surface area (Å²) in [6.07, 6.45) is 3.25. The van der Waals surface area contributed by atoms with Crippen molar-refractivity contribution in [2.45, 2.75) is 26.8 Å². The zero-order chi connectivity index (χ0) is 11.5. The monoisotopic (exact) mass is 207 g/mol. The van der Waals surface area contributed by atoms with E-state index in [2.05, 4.69) is 10.3 Å². The van der Waals surface area contributed by atoms with Crippen molar-refractivity contribution in [1.82, 2.24) is 4.98 Å². The average molecular weight is 207 g/mol. The van der Waals surface area contributed by atoms with E-state index in [1.165, 1.54) is 0 Å². The Labute approximate surface area is 89.9 Å². The summed E-state index contributed by atoms with van der Waals surface area (Å²) in [6.45, 7) is 5.80. The third-order valence-electron chi connectivity index (χ3n) is 2.16. The number of nitrogens with two attached hydrogens (primary N) is 1. The Morgan fingerprint density at radius 1 is 1.40 bits per heavy atom. The Balaban J connectivity index is 2.65. The maximum atomic E-state index is 11.7. The van der Waals surface area contributed by atoms with Crippen molar-refractivity contribution < 1.29 is 4.79 Å². The van der Waals surface area contributed by atoms with Gasteiger partial charge in [-0.3, -0.25) is 9.78 Å². The van der Waals surface area contributed by atoms with Crippen LogP contribution in [0.1, 0.15) is 20.8 Å². The summed E-state index contributed by atoms with van der Waals surface area (Å²) in [4.78, 5) is 15.6. The average Bonchev–Trinajstić information content (AvgIpc) is 2.16. The zero-order valence-corrected chi connectivity index (χ0v) is 9.32. The first-order chi connectivity index (χ1) is 6.91. The minimum Gasteiger partial charge on any atom is -0.325 e. The molecule has 1 aromatic heterocycles. The van der Waals surface area contributed by atoms with E-state index in [9.17, 15) is 4.79 Å². The molecule has 0 fully saturated rings. The molecule has 15 heavy (non-hydrogen) atoms. The number of pyridine rings is 1. The smallest absolute Gasteiger partial charge is 0.241 e. The lowest BCUT2D eigenvalue weighted by atomic mass is 9.87. The number of carbonyl (C=O) groups excluding carboxylic acids is 1. The fourth-order valence-corrected chi connectivity index (χ4v) is 1.05. The van der Waals surface area contributed by atoms with E-state index in [4.69, 9.17) is 5.73 Å². The molecule has 0 spiro atoms. The molecular weight excluding hydrogens is 190 g/mol. The maximum absolute atomic E-state index is 11.7. The predicted molar refractivity (Wildman–Crippen MR) is 60.3 cm³/mol. The fourth-order valence-electron chi connectivity index (χ4n) is 1.05. The van der Waals surface area contributed by atoms with Gasteiger partial charge >= 0.3 is 0 Å². The molecular formula is C11H17N3O. The predicted octanol–water partition coefficient (Wildman–Crippen LogP) is 1.39. The van der Waals surface area contributed by atoms with Gasteiger partial charge in [-0.25, -0.2) is 0 Å². The molecule has 1 atom stereocenters. The number of hydrogen-bond donors (Lipinski definition) is 2. The van der Waals surface area contributed by atoms with Gasteiger partial charge < -0.3 is 11.1 Å². The Hall–Kier alpha value is -1.42. The van der Waals surface area contributed by atoms with Crippen LogP contribution in [-0.4, -0.2) is 16.9 Å². The molecule has 0 radical (unpaired) electrons. The standard InChI is InChI=1S/C11H17N3O/c1-11(2,3)9(12)10(15)14-8-4-6-13-7-5-8/h4-7,9H,12H2,1-3H3,(H,13,14,15)/t9-/m1/s1. The molecule has 0 aliphatic rings. The van der Waals surface area contributed by atoms with Crippen LogP contribution in [0.3, 0.4) is 0 Å². The van der Waals surface area contributed by atoms with Gasteiger partial charge in [0, 0.05) is 18.1 Å². The SMILES string of the molecule is CC(C)(C)[C@H](N)C(=O)Nc1ccncc1. The molecule has 1 amide bonds. The van der Waals surface area contributed by atoms with E-state index in [0.717, 1.165) is 5.69 Å². The summed E-state index contributed by atoms with van der Waals surface area (Å²) < 4.78 is 0. The van der Waals surface area contributed by atoms with Crippen molar-refractivity contribution in [2.75, 3.05) is 5.32 Å². The molecule has 4 heteroatoms. The van der Waals surface area contributed by atoms with Gasteiger partial charge in [-0.1, -0.05) is 20.8 Å². The van der Waals surface area contributed by atoms with Gasteiger partial charge in [0.2, 0.25) is 5.91 Å². The van der Waals surface area contributed by atoms with E-state index in [1.54, 1.807) is 24.5 Å². The van der Waals surface area contributed by atoms with Crippen molar-refractivity contribution >= 4 is 11.6 Å². The van der Waals surface area contributed by atoms with Crippen molar-refractivity contribution in [3.05, 3.63) is 24.5 Å². The molecule has 1 rings (SSSR count). The minimum atomic E-state index is -0.523. The number of anilines is 1. The second-order valence-electron chi connectivity index (χ2n) is 4.57. The molecule has 0 saturated carbocycles. The van der Waals surface area contributed by atoms with E-state index >= 15 is 0 Å². The van der Waals surface area contributed by atoms with Gasteiger partial charge in [-0.05, 0) is 17.5 Å². The summed E-state index contributed by atoms with van der Waals surface area (Å²) in [5.41, 5.74) is 6.29. The molecule has 0 unspecified atom stereocenters. The van der Waals surface area contributed by atoms with Gasteiger partial charge in [-0.2, -0.15) is 0 Å². The molecule has 1 heterocycles. The Morgan fingerprint density at radius 3 is 2.40 bits per heavy atom. The van der Waals surface area contributed by atoms with Gasteiger partial charge in [0.25, 0.3) is 0 Å². The summed E-state index contributed by atoms with van der Waals surface area (Å²) in [5, 5.41) is 2.74. The van der Waals surface area contributed by atoms with Crippen LogP contribution in [0.15, 0.2) is 24.5 Å². The van der Waals surface area contributed by atoms with Crippen LogP contribution in [0, 0.1) is 5.41 Å². The van der Waals surface area contributed by atoms with Crippen LogP contribution >= 0.6 is 0 Å². The van der Waals surface area contributed by atoms with Crippen molar-refractivity contribution in [1.29, 1.82) is 0 Å². The van der Waals surface area contributed by atoms with Crippen LogP contribution in [0.25, 0.3) is 0 Å². The topological polar surface area (TPSA) is 68.0 Å². The molecule has 0 aliphatic carbocycles. The fraction of sp³-hybridized carbons (Fsp3) is 0.455.